The normalized spacial score (nSPS) is 11.7. The topological polar surface area (TPSA) is 27.1 Å². The first kappa shape index (κ1) is 14.4. The highest BCUT2D eigenvalue weighted by Crippen LogP contribution is 2.17. The van der Waals surface area contributed by atoms with Crippen molar-refractivity contribution < 1.29 is 22.1 Å². The average molecular weight is 287 g/mol. The molecule has 0 amide bonds. The fourth-order valence-electron chi connectivity index (χ4n) is 1.68. The van der Waals surface area contributed by atoms with Gasteiger partial charge in [0.1, 0.15) is 12.4 Å². The molecule has 1 aromatic carbocycles. The Balaban J connectivity index is 2.05. The van der Waals surface area contributed by atoms with Gasteiger partial charge in [-0.2, -0.15) is 5.10 Å². The zero-order valence-electron chi connectivity index (χ0n) is 10.7. The van der Waals surface area contributed by atoms with Crippen molar-refractivity contribution in [1.29, 1.82) is 0 Å². The summed E-state index contributed by atoms with van der Waals surface area (Å²) in [6.45, 7) is -2.60. The van der Waals surface area contributed by atoms with Gasteiger partial charge in [0.2, 0.25) is 0 Å². The van der Waals surface area contributed by atoms with Gasteiger partial charge in [0, 0.05) is 24.4 Å². The highest BCUT2D eigenvalue weighted by molar-refractivity contribution is 6.73. The Morgan fingerprint density at radius 3 is 2.60 bits per heavy atom. The summed E-state index contributed by atoms with van der Waals surface area (Å²) >= 11 is 0. The number of hydrogen-bond donors (Lipinski definition) is 0. The van der Waals surface area contributed by atoms with Crippen molar-refractivity contribution in [3.05, 3.63) is 42.0 Å². The molecule has 2 aromatic rings. The van der Waals surface area contributed by atoms with Gasteiger partial charge in [-0.25, -0.2) is 4.39 Å². The maximum Gasteiger partial charge on any atom is 0.512 e. The van der Waals surface area contributed by atoms with Gasteiger partial charge < -0.3 is 17.7 Å². The molecule has 20 heavy (non-hydrogen) atoms. The molecule has 1 aromatic heterocycles. The fourth-order valence-corrected chi connectivity index (χ4v) is 1.68. The Hall–Kier alpha value is -1.99. The van der Waals surface area contributed by atoms with Crippen LogP contribution >= 0.6 is 0 Å². The molecule has 0 saturated heterocycles. The minimum absolute atomic E-state index is 0.0514. The van der Waals surface area contributed by atoms with Gasteiger partial charge in [-0.15, -0.1) is 0 Å². The standard InChI is InChI=1S/C12H12BF4N2O/c1-2-19-7-9(6-18-19)8-20-10-3-4-11(12(14)5-10)13(15,16)17/h3-7H,2,8H2,1H3/q-1. The van der Waals surface area contributed by atoms with Crippen LogP contribution in [0.4, 0.5) is 17.3 Å². The largest absolute Gasteiger partial charge is 0.512 e. The van der Waals surface area contributed by atoms with E-state index < -0.39 is 18.3 Å². The lowest BCUT2D eigenvalue weighted by atomic mass is 9.80. The first-order valence-electron chi connectivity index (χ1n) is 6.03. The van der Waals surface area contributed by atoms with Gasteiger partial charge in [0.05, 0.1) is 12.0 Å². The molecule has 108 valence electrons. The predicted octanol–water partition coefficient (Wildman–Crippen LogP) is 2.68. The van der Waals surface area contributed by atoms with Crippen LogP contribution in [0.25, 0.3) is 0 Å². The second-order valence-corrected chi connectivity index (χ2v) is 4.25. The third kappa shape index (κ3) is 3.31. The minimum atomic E-state index is -5.35. The van der Waals surface area contributed by atoms with E-state index in [1.807, 2.05) is 6.92 Å². The van der Waals surface area contributed by atoms with Crippen molar-refractivity contribution in [1.82, 2.24) is 9.78 Å². The molecule has 0 atom stereocenters. The Labute approximate surface area is 113 Å². The van der Waals surface area contributed by atoms with Crippen molar-refractivity contribution in [3.63, 3.8) is 0 Å². The maximum atomic E-state index is 13.3. The van der Waals surface area contributed by atoms with Crippen molar-refractivity contribution in [2.45, 2.75) is 20.1 Å². The lowest BCUT2D eigenvalue weighted by molar-refractivity contribution is 0.304. The summed E-state index contributed by atoms with van der Waals surface area (Å²) in [6.07, 6.45) is 3.34. The number of ether oxygens (including phenoxy) is 1. The molecule has 0 radical (unpaired) electrons. The van der Waals surface area contributed by atoms with Crippen LogP contribution in [-0.2, 0) is 13.2 Å². The van der Waals surface area contributed by atoms with Gasteiger partial charge >= 0.3 is 6.98 Å². The quantitative estimate of drug-likeness (QED) is 0.624. The first-order chi connectivity index (χ1) is 9.40. The molecule has 8 heteroatoms. The molecule has 0 spiro atoms. The van der Waals surface area contributed by atoms with E-state index in [2.05, 4.69) is 5.10 Å². The Morgan fingerprint density at radius 2 is 2.05 bits per heavy atom. The monoisotopic (exact) mass is 287 g/mol. The van der Waals surface area contributed by atoms with Gasteiger partial charge in [-0.05, 0) is 13.0 Å². The van der Waals surface area contributed by atoms with Crippen LogP contribution in [0.1, 0.15) is 12.5 Å². The molecule has 2 rings (SSSR count). The predicted molar refractivity (Wildman–Crippen MR) is 67.3 cm³/mol. The molecule has 0 aliphatic rings. The molecular formula is C12H12BF4N2O-. The van der Waals surface area contributed by atoms with Gasteiger partial charge in [0.25, 0.3) is 0 Å². The first-order valence-corrected chi connectivity index (χ1v) is 6.03. The van der Waals surface area contributed by atoms with E-state index >= 15 is 0 Å². The fraction of sp³-hybridized carbons (Fsp3) is 0.250. The molecule has 0 N–H and O–H groups in total. The third-order valence-corrected chi connectivity index (χ3v) is 2.74. The van der Waals surface area contributed by atoms with E-state index in [4.69, 9.17) is 4.74 Å². The van der Waals surface area contributed by atoms with Crippen molar-refractivity contribution in [2.75, 3.05) is 0 Å². The average Bonchev–Trinajstić information content (AvgIpc) is 2.83. The molecule has 1 heterocycles. The lowest BCUT2D eigenvalue weighted by Crippen LogP contribution is -2.36. The number of halogens is 4. The van der Waals surface area contributed by atoms with Crippen LogP contribution < -0.4 is 10.2 Å². The summed E-state index contributed by atoms with van der Waals surface area (Å²) < 4.78 is 57.6. The molecule has 0 aliphatic heterocycles. The van der Waals surface area contributed by atoms with E-state index in [9.17, 15) is 17.3 Å². The van der Waals surface area contributed by atoms with Crippen molar-refractivity contribution in [2.24, 2.45) is 0 Å². The summed E-state index contributed by atoms with van der Waals surface area (Å²) in [6, 6.07) is 2.55. The Bertz CT molecular complexity index is 597. The van der Waals surface area contributed by atoms with Crippen molar-refractivity contribution in [3.8, 4) is 5.75 Å². The van der Waals surface area contributed by atoms with Gasteiger partial charge in [-0.1, -0.05) is 11.5 Å². The van der Waals surface area contributed by atoms with Crippen LogP contribution in [0.5, 0.6) is 5.75 Å². The maximum absolute atomic E-state index is 13.3. The summed E-state index contributed by atoms with van der Waals surface area (Å²) in [7, 11) is 0. The van der Waals surface area contributed by atoms with E-state index in [0.29, 0.717) is 12.6 Å². The molecular weight excluding hydrogens is 275 g/mol. The highest BCUT2D eigenvalue weighted by Gasteiger charge is 2.28. The molecule has 0 saturated carbocycles. The Morgan fingerprint density at radius 1 is 1.30 bits per heavy atom. The summed E-state index contributed by atoms with van der Waals surface area (Å²) in [4.78, 5) is 0. The van der Waals surface area contributed by atoms with Crippen LogP contribution in [0.15, 0.2) is 30.6 Å². The molecule has 3 nitrogen and oxygen atoms in total. The van der Waals surface area contributed by atoms with Crippen molar-refractivity contribution >= 4 is 12.4 Å². The van der Waals surface area contributed by atoms with E-state index in [-0.39, 0.29) is 12.4 Å². The number of hydrogen-bond acceptors (Lipinski definition) is 2. The van der Waals surface area contributed by atoms with E-state index in [1.54, 1.807) is 17.1 Å². The smallest absolute Gasteiger partial charge is 0.489 e. The van der Waals surface area contributed by atoms with Crippen LogP contribution in [0.2, 0.25) is 0 Å². The zero-order valence-corrected chi connectivity index (χ0v) is 10.7. The molecule has 0 bridgehead atoms. The second kappa shape index (κ2) is 5.56. The van der Waals surface area contributed by atoms with E-state index in [0.717, 1.165) is 17.7 Å². The second-order valence-electron chi connectivity index (χ2n) is 4.25. The summed E-state index contributed by atoms with van der Waals surface area (Å²) in [5.41, 5.74) is -0.479. The molecule has 0 fully saturated rings. The van der Waals surface area contributed by atoms with Gasteiger partial charge in [-0.3, -0.25) is 4.68 Å². The van der Waals surface area contributed by atoms with Crippen LogP contribution in [-0.4, -0.2) is 16.8 Å². The molecule has 0 unspecified atom stereocenters. The summed E-state index contributed by atoms with van der Waals surface area (Å²) in [5.74, 6) is -1.27. The van der Waals surface area contributed by atoms with Gasteiger partial charge in [0.15, 0.2) is 0 Å². The van der Waals surface area contributed by atoms with E-state index in [1.165, 1.54) is 0 Å². The number of aryl methyl sites for hydroxylation is 1. The number of nitrogens with zero attached hydrogens (tertiary/aromatic N) is 2. The third-order valence-electron chi connectivity index (χ3n) is 2.74. The number of benzene rings is 1. The zero-order chi connectivity index (χ0) is 14.8. The minimum Gasteiger partial charge on any atom is -0.489 e. The SMILES string of the molecule is CCn1cc(COc2ccc([B-](F)(F)F)c(F)c2)cn1. The number of rotatable bonds is 5. The van der Waals surface area contributed by atoms with Crippen LogP contribution in [0.3, 0.4) is 0 Å². The Kier molecular flexibility index (Phi) is 4.01. The highest BCUT2D eigenvalue weighted by atomic mass is 19.4. The summed E-state index contributed by atoms with van der Waals surface area (Å²) in [5, 5.41) is 4.03. The van der Waals surface area contributed by atoms with Crippen LogP contribution in [0, 0.1) is 5.82 Å². The lowest BCUT2D eigenvalue weighted by Gasteiger charge is -2.16. The number of aromatic nitrogens is 2. The molecule has 0 aliphatic carbocycles.